The molecule has 0 unspecified atom stereocenters. The van der Waals surface area contributed by atoms with Gasteiger partial charge in [0.05, 0.1) is 5.75 Å². The van der Waals surface area contributed by atoms with Gasteiger partial charge >= 0.3 is 0 Å². The van der Waals surface area contributed by atoms with Gasteiger partial charge in [-0.25, -0.2) is 0 Å². The van der Waals surface area contributed by atoms with Gasteiger partial charge < -0.3 is 10.6 Å². The quantitative estimate of drug-likeness (QED) is 0.755. The number of carbonyl (C=O) groups is 1. The average molecular weight is 336 g/mol. The van der Waals surface area contributed by atoms with E-state index in [1.54, 1.807) is 0 Å². The molecule has 1 amide bonds. The normalized spacial score (nSPS) is 10.5. The fourth-order valence-electron chi connectivity index (χ4n) is 1.76. The minimum atomic E-state index is -0.0306. The van der Waals surface area contributed by atoms with Crippen LogP contribution in [-0.2, 0) is 4.79 Å². The molecule has 118 valence electrons. The van der Waals surface area contributed by atoms with Crippen molar-refractivity contribution < 1.29 is 4.79 Å². The van der Waals surface area contributed by atoms with E-state index in [0.717, 1.165) is 39.3 Å². The van der Waals surface area contributed by atoms with E-state index in [4.69, 9.17) is 0 Å². The molecule has 1 aromatic carbocycles. The maximum absolute atomic E-state index is 12.0. The predicted octanol–water partition coefficient (Wildman–Crippen LogP) is 3.71. The topological polar surface area (TPSA) is 66.9 Å². The van der Waals surface area contributed by atoms with Gasteiger partial charge in [-0.1, -0.05) is 42.2 Å². The Morgan fingerprint density at radius 1 is 1.32 bits per heavy atom. The van der Waals surface area contributed by atoms with Crippen molar-refractivity contribution in [2.45, 2.75) is 31.5 Å². The second-order valence-corrected chi connectivity index (χ2v) is 7.16. The third kappa shape index (κ3) is 4.99. The molecule has 2 rings (SSSR count). The van der Waals surface area contributed by atoms with Crippen molar-refractivity contribution in [1.82, 2.24) is 10.2 Å². The SMILES string of the molecule is CCCNc1nnc(SCC(=O)Nc2cc(C)ccc2C)s1. The lowest BCUT2D eigenvalue weighted by Gasteiger charge is -2.08. The summed E-state index contributed by atoms with van der Waals surface area (Å²) in [7, 11) is 0. The van der Waals surface area contributed by atoms with E-state index in [1.165, 1.54) is 23.1 Å². The molecule has 0 saturated heterocycles. The lowest BCUT2D eigenvalue weighted by atomic mass is 10.1. The molecule has 1 heterocycles. The second kappa shape index (κ2) is 8.14. The molecule has 0 aliphatic carbocycles. The van der Waals surface area contributed by atoms with Crippen molar-refractivity contribution in [2.24, 2.45) is 0 Å². The van der Waals surface area contributed by atoms with E-state index in [0.29, 0.717) is 5.75 Å². The Hall–Kier alpha value is -1.60. The van der Waals surface area contributed by atoms with Crippen LogP contribution in [0.4, 0.5) is 10.8 Å². The predicted molar refractivity (Wildman–Crippen MR) is 94.0 cm³/mol. The van der Waals surface area contributed by atoms with Crippen molar-refractivity contribution in [2.75, 3.05) is 22.9 Å². The van der Waals surface area contributed by atoms with Gasteiger partial charge in [-0.2, -0.15) is 0 Å². The molecule has 0 bridgehead atoms. The number of aryl methyl sites for hydroxylation is 2. The molecular weight excluding hydrogens is 316 g/mol. The summed E-state index contributed by atoms with van der Waals surface area (Å²) in [6.45, 7) is 6.97. The van der Waals surface area contributed by atoms with Crippen LogP contribution in [0.2, 0.25) is 0 Å². The number of rotatable bonds is 7. The highest BCUT2D eigenvalue weighted by Crippen LogP contribution is 2.25. The number of anilines is 2. The summed E-state index contributed by atoms with van der Waals surface area (Å²) in [6.07, 6.45) is 1.04. The highest BCUT2D eigenvalue weighted by atomic mass is 32.2. The monoisotopic (exact) mass is 336 g/mol. The number of hydrogen-bond donors (Lipinski definition) is 2. The van der Waals surface area contributed by atoms with Gasteiger partial charge in [-0.3, -0.25) is 4.79 Å². The zero-order chi connectivity index (χ0) is 15.9. The molecule has 0 aliphatic heterocycles. The van der Waals surface area contributed by atoms with Gasteiger partial charge in [-0.15, -0.1) is 10.2 Å². The van der Waals surface area contributed by atoms with E-state index in [2.05, 4.69) is 27.8 Å². The van der Waals surface area contributed by atoms with E-state index >= 15 is 0 Å². The average Bonchev–Trinajstić information content (AvgIpc) is 2.95. The van der Waals surface area contributed by atoms with Gasteiger partial charge in [0.25, 0.3) is 0 Å². The zero-order valence-electron chi connectivity index (χ0n) is 13.0. The molecule has 0 aliphatic rings. The van der Waals surface area contributed by atoms with Crippen LogP contribution in [0.3, 0.4) is 0 Å². The van der Waals surface area contributed by atoms with Gasteiger partial charge in [0.15, 0.2) is 4.34 Å². The molecule has 0 fully saturated rings. The number of benzene rings is 1. The van der Waals surface area contributed by atoms with Crippen LogP contribution in [0.15, 0.2) is 22.5 Å². The molecule has 7 heteroatoms. The standard InChI is InChI=1S/C15H20N4OS2/c1-4-7-16-14-18-19-15(22-14)21-9-13(20)17-12-8-10(2)5-6-11(12)3/h5-6,8H,4,7,9H2,1-3H3,(H,16,18)(H,17,20). The van der Waals surface area contributed by atoms with Gasteiger partial charge in [0.1, 0.15) is 0 Å². The summed E-state index contributed by atoms with van der Waals surface area (Å²) in [5.41, 5.74) is 3.06. The molecular formula is C15H20N4OS2. The molecule has 5 nitrogen and oxygen atoms in total. The van der Waals surface area contributed by atoms with Crippen LogP contribution >= 0.6 is 23.1 Å². The summed E-state index contributed by atoms with van der Waals surface area (Å²) in [5, 5.41) is 15.1. The third-order valence-electron chi connectivity index (χ3n) is 2.93. The summed E-state index contributed by atoms with van der Waals surface area (Å²) >= 11 is 2.88. The Morgan fingerprint density at radius 3 is 2.91 bits per heavy atom. The van der Waals surface area contributed by atoms with Crippen molar-refractivity contribution in [3.8, 4) is 0 Å². The minimum absolute atomic E-state index is 0.0306. The lowest BCUT2D eigenvalue weighted by molar-refractivity contribution is -0.113. The van der Waals surface area contributed by atoms with Gasteiger partial charge in [0, 0.05) is 12.2 Å². The first-order chi connectivity index (χ1) is 10.6. The number of aromatic nitrogens is 2. The summed E-state index contributed by atoms with van der Waals surface area (Å²) in [5.74, 6) is 0.299. The Balaban J connectivity index is 1.85. The molecule has 1 aromatic heterocycles. The molecule has 0 atom stereocenters. The number of carbonyl (C=O) groups excluding carboxylic acids is 1. The Morgan fingerprint density at radius 2 is 2.14 bits per heavy atom. The first-order valence-electron chi connectivity index (χ1n) is 7.15. The molecule has 2 N–H and O–H groups in total. The van der Waals surface area contributed by atoms with E-state index in [-0.39, 0.29) is 5.91 Å². The molecule has 22 heavy (non-hydrogen) atoms. The van der Waals surface area contributed by atoms with Crippen molar-refractivity contribution in [3.63, 3.8) is 0 Å². The number of hydrogen-bond acceptors (Lipinski definition) is 6. The van der Waals surface area contributed by atoms with Gasteiger partial charge in [0.2, 0.25) is 11.0 Å². The van der Waals surface area contributed by atoms with Crippen LogP contribution in [0, 0.1) is 13.8 Å². The van der Waals surface area contributed by atoms with Crippen molar-refractivity contribution in [1.29, 1.82) is 0 Å². The minimum Gasteiger partial charge on any atom is -0.360 e. The molecule has 0 spiro atoms. The van der Waals surface area contributed by atoms with Crippen LogP contribution in [0.5, 0.6) is 0 Å². The summed E-state index contributed by atoms with van der Waals surface area (Å²) < 4.78 is 0.801. The molecule has 2 aromatic rings. The maximum Gasteiger partial charge on any atom is 0.234 e. The summed E-state index contributed by atoms with van der Waals surface area (Å²) in [4.78, 5) is 12.0. The van der Waals surface area contributed by atoms with Crippen LogP contribution in [0.1, 0.15) is 24.5 Å². The summed E-state index contributed by atoms with van der Waals surface area (Å²) in [6, 6.07) is 6.02. The fraction of sp³-hybridized carbons (Fsp3) is 0.400. The van der Waals surface area contributed by atoms with Crippen molar-refractivity contribution in [3.05, 3.63) is 29.3 Å². The Labute approximate surface area is 138 Å². The van der Waals surface area contributed by atoms with Gasteiger partial charge in [-0.05, 0) is 37.5 Å². The molecule has 0 saturated carbocycles. The smallest absolute Gasteiger partial charge is 0.234 e. The van der Waals surface area contributed by atoms with Crippen molar-refractivity contribution >= 4 is 39.8 Å². The maximum atomic E-state index is 12.0. The second-order valence-electron chi connectivity index (χ2n) is 4.96. The largest absolute Gasteiger partial charge is 0.360 e. The number of thioether (sulfide) groups is 1. The molecule has 0 radical (unpaired) electrons. The Bertz CT molecular complexity index is 642. The Kier molecular flexibility index (Phi) is 6.21. The zero-order valence-corrected chi connectivity index (χ0v) is 14.6. The van der Waals surface area contributed by atoms with Crippen LogP contribution < -0.4 is 10.6 Å². The van der Waals surface area contributed by atoms with E-state index < -0.39 is 0 Å². The third-order valence-corrected chi connectivity index (χ3v) is 4.94. The number of nitrogens with one attached hydrogen (secondary N) is 2. The number of amides is 1. The first kappa shape index (κ1) is 16.8. The van der Waals surface area contributed by atoms with E-state index in [9.17, 15) is 4.79 Å². The first-order valence-corrected chi connectivity index (χ1v) is 8.96. The van der Waals surface area contributed by atoms with Crippen LogP contribution in [0.25, 0.3) is 0 Å². The number of nitrogens with zero attached hydrogens (tertiary/aromatic N) is 2. The highest BCUT2D eigenvalue weighted by Gasteiger charge is 2.09. The van der Waals surface area contributed by atoms with E-state index in [1.807, 2.05) is 32.0 Å². The fourth-order valence-corrected chi connectivity index (χ4v) is 3.33. The highest BCUT2D eigenvalue weighted by molar-refractivity contribution is 8.01. The van der Waals surface area contributed by atoms with Crippen LogP contribution in [-0.4, -0.2) is 28.4 Å². The lowest BCUT2D eigenvalue weighted by Crippen LogP contribution is -2.14.